The van der Waals surface area contributed by atoms with Gasteiger partial charge in [0.05, 0.1) is 0 Å². The molecular formula is C10H13FN2O. The molecule has 0 saturated heterocycles. The molecule has 1 amide bonds. The van der Waals surface area contributed by atoms with Crippen LogP contribution < -0.4 is 11.1 Å². The summed E-state index contributed by atoms with van der Waals surface area (Å²) in [5, 5.41) is 2.60. The van der Waals surface area contributed by atoms with Gasteiger partial charge in [-0.15, -0.1) is 0 Å². The Kier molecular flexibility index (Phi) is 3.59. The number of carbonyl (C=O) groups is 1. The molecule has 14 heavy (non-hydrogen) atoms. The number of benzene rings is 1. The lowest BCUT2D eigenvalue weighted by molar-refractivity contribution is -0.119. The monoisotopic (exact) mass is 196 g/mol. The average molecular weight is 196 g/mol. The fraction of sp³-hybridized carbons (Fsp3) is 0.300. The molecule has 4 heteroatoms. The van der Waals surface area contributed by atoms with Crippen LogP contribution in [0.4, 0.5) is 4.39 Å². The first kappa shape index (κ1) is 10.7. The molecule has 0 bridgehead atoms. The van der Waals surface area contributed by atoms with Crippen molar-refractivity contribution < 1.29 is 9.18 Å². The molecule has 0 aliphatic carbocycles. The number of rotatable bonds is 3. The molecule has 0 aliphatic heterocycles. The van der Waals surface area contributed by atoms with E-state index in [9.17, 15) is 9.18 Å². The van der Waals surface area contributed by atoms with Gasteiger partial charge in [-0.1, -0.05) is 12.1 Å². The van der Waals surface area contributed by atoms with Crippen LogP contribution in [0.1, 0.15) is 18.5 Å². The number of carbonyl (C=O) groups excluding carboxylic acids is 1. The second-order valence-electron chi connectivity index (χ2n) is 3.10. The summed E-state index contributed by atoms with van der Waals surface area (Å²) in [6.45, 7) is 1.79. The van der Waals surface area contributed by atoms with E-state index in [0.717, 1.165) is 5.56 Å². The molecule has 3 nitrogen and oxygen atoms in total. The Hall–Kier alpha value is -1.42. The molecule has 0 unspecified atom stereocenters. The molecule has 1 aromatic rings. The third kappa shape index (κ3) is 3.14. The summed E-state index contributed by atoms with van der Waals surface area (Å²) < 4.78 is 12.6. The smallest absolute Gasteiger partial charge is 0.216 e. The molecule has 0 aliphatic rings. The van der Waals surface area contributed by atoms with E-state index >= 15 is 0 Å². The fourth-order valence-corrected chi connectivity index (χ4v) is 1.08. The molecule has 0 heterocycles. The molecule has 1 aromatic carbocycles. The summed E-state index contributed by atoms with van der Waals surface area (Å²) in [7, 11) is 0. The molecular weight excluding hydrogens is 183 g/mol. The summed E-state index contributed by atoms with van der Waals surface area (Å²) in [4.78, 5) is 10.6. The van der Waals surface area contributed by atoms with Gasteiger partial charge in [-0.25, -0.2) is 4.39 Å². The van der Waals surface area contributed by atoms with Crippen LogP contribution in [0.2, 0.25) is 0 Å². The minimum Gasteiger partial charge on any atom is -0.354 e. The van der Waals surface area contributed by atoms with E-state index in [0.29, 0.717) is 6.54 Å². The van der Waals surface area contributed by atoms with Crippen LogP contribution in [0.15, 0.2) is 24.3 Å². The molecule has 1 atom stereocenters. The zero-order valence-electron chi connectivity index (χ0n) is 7.96. The number of halogens is 1. The maximum Gasteiger partial charge on any atom is 0.216 e. The van der Waals surface area contributed by atoms with Gasteiger partial charge in [-0.2, -0.15) is 0 Å². The van der Waals surface area contributed by atoms with Crippen molar-refractivity contribution in [1.29, 1.82) is 0 Å². The summed E-state index contributed by atoms with van der Waals surface area (Å²) in [5.41, 5.74) is 6.56. The van der Waals surface area contributed by atoms with Crippen LogP contribution in [0.3, 0.4) is 0 Å². The quantitative estimate of drug-likeness (QED) is 0.756. The Balaban J connectivity index is 2.56. The third-order valence-electron chi connectivity index (χ3n) is 1.87. The first-order chi connectivity index (χ1) is 6.59. The first-order valence-electron chi connectivity index (χ1n) is 4.35. The molecule has 76 valence electrons. The highest BCUT2D eigenvalue weighted by atomic mass is 19.1. The van der Waals surface area contributed by atoms with Crippen LogP contribution in [0.25, 0.3) is 0 Å². The number of amides is 1. The van der Waals surface area contributed by atoms with Gasteiger partial charge in [0.25, 0.3) is 0 Å². The highest BCUT2D eigenvalue weighted by Crippen LogP contribution is 2.09. The van der Waals surface area contributed by atoms with Crippen molar-refractivity contribution >= 4 is 5.91 Å². The lowest BCUT2D eigenvalue weighted by Crippen LogP contribution is -2.30. The minimum atomic E-state index is -0.292. The Labute approximate surface area is 82.1 Å². The van der Waals surface area contributed by atoms with Crippen LogP contribution in [0.5, 0.6) is 0 Å². The lowest BCUT2D eigenvalue weighted by Gasteiger charge is -2.11. The number of nitrogens with two attached hydrogens (primary N) is 1. The topological polar surface area (TPSA) is 55.1 Å². The Bertz CT molecular complexity index is 310. The molecule has 0 saturated carbocycles. The van der Waals surface area contributed by atoms with Crippen molar-refractivity contribution in [3.63, 3.8) is 0 Å². The van der Waals surface area contributed by atoms with Gasteiger partial charge >= 0.3 is 0 Å². The number of hydrogen-bond donors (Lipinski definition) is 2. The molecule has 0 aromatic heterocycles. The second-order valence-corrected chi connectivity index (χ2v) is 3.10. The Morgan fingerprint density at radius 3 is 2.57 bits per heavy atom. The van der Waals surface area contributed by atoms with E-state index < -0.39 is 0 Å². The van der Waals surface area contributed by atoms with E-state index in [4.69, 9.17) is 5.73 Å². The molecule has 0 spiro atoms. The summed E-state index contributed by atoms with van der Waals surface area (Å²) in [6, 6.07) is 5.63. The van der Waals surface area contributed by atoms with Gasteiger partial charge in [0.1, 0.15) is 5.82 Å². The van der Waals surface area contributed by atoms with Crippen molar-refractivity contribution in [1.82, 2.24) is 5.32 Å². The minimum absolute atomic E-state index is 0.123. The summed E-state index contributed by atoms with van der Waals surface area (Å²) in [6.07, 6.45) is 0. The van der Waals surface area contributed by atoms with Crippen LogP contribution in [0, 0.1) is 5.82 Å². The highest BCUT2D eigenvalue weighted by molar-refractivity contribution is 5.72. The van der Waals surface area contributed by atoms with Crippen molar-refractivity contribution in [3.05, 3.63) is 35.6 Å². The summed E-state index contributed by atoms with van der Waals surface area (Å²) >= 11 is 0. The molecule has 0 radical (unpaired) electrons. The number of nitrogens with one attached hydrogen (secondary N) is 1. The van der Waals surface area contributed by atoms with Gasteiger partial charge in [0.2, 0.25) is 5.91 Å². The van der Waals surface area contributed by atoms with Crippen LogP contribution >= 0.6 is 0 Å². The average Bonchev–Trinajstić information content (AvgIpc) is 2.15. The second kappa shape index (κ2) is 4.72. The SMILES string of the molecule is CC(=O)NC[C@H](N)c1ccc(F)cc1. The van der Waals surface area contributed by atoms with E-state index in [1.165, 1.54) is 19.1 Å². The standard InChI is InChI=1S/C10H13FN2O/c1-7(14)13-6-10(12)8-2-4-9(11)5-3-8/h2-5,10H,6,12H2,1H3,(H,13,14)/t10-/m0/s1. The zero-order chi connectivity index (χ0) is 10.6. The van der Waals surface area contributed by atoms with Crippen molar-refractivity contribution in [3.8, 4) is 0 Å². The van der Waals surface area contributed by atoms with E-state index in [1.807, 2.05) is 0 Å². The number of hydrogen-bond acceptors (Lipinski definition) is 2. The van der Waals surface area contributed by atoms with Crippen molar-refractivity contribution in [2.24, 2.45) is 5.73 Å². The predicted molar refractivity (Wildman–Crippen MR) is 52.0 cm³/mol. The first-order valence-corrected chi connectivity index (χ1v) is 4.35. The maximum atomic E-state index is 12.6. The van der Waals surface area contributed by atoms with Crippen LogP contribution in [-0.2, 0) is 4.79 Å². The highest BCUT2D eigenvalue weighted by Gasteiger charge is 2.05. The van der Waals surface area contributed by atoms with Crippen LogP contribution in [-0.4, -0.2) is 12.5 Å². The predicted octanol–water partition coefficient (Wildman–Crippen LogP) is 0.962. The van der Waals surface area contributed by atoms with Gasteiger partial charge in [0, 0.05) is 19.5 Å². The normalized spacial score (nSPS) is 12.2. The Morgan fingerprint density at radius 1 is 1.50 bits per heavy atom. The largest absolute Gasteiger partial charge is 0.354 e. The lowest BCUT2D eigenvalue weighted by atomic mass is 10.1. The summed E-state index contributed by atoms with van der Waals surface area (Å²) in [5.74, 6) is -0.414. The fourth-order valence-electron chi connectivity index (χ4n) is 1.08. The Morgan fingerprint density at radius 2 is 2.07 bits per heavy atom. The van der Waals surface area contributed by atoms with Crippen molar-refractivity contribution in [2.45, 2.75) is 13.0 Å². The van der Waals surface area contributed by atoms with Gasteiger partial charge < -0.3 is 11.1 Å². The van der Waals surface area contributed by atoms with Gasteiger partial charge in [-0.05, 0) is 17.7 Å². The molecule has 0 fully saturated rings. The van der Waals surface area contributed by atoms with E-state index in [-0.39, 0.29) is 17.8 Å². The van der Waals surface area contributed by atoms with Gasteiger partial charge in [-0.3, -0.25) is 4.79 Å². The van der Waals surface area contributed by atoms with Gasteiger partial charge in [0.15, 0.2) is 0 Å². The molecule has 3 N–H and O–H groups in total. The third-order valence-corrected chi connectivity index (χ3v) is 1.87. The van der Waals surface area contributed by atoms with E-state index in [2.05, 4.69) is 5.32 Å². The van der Waals surface area contributed by atoms with Crippen molar-refractivity contribution in [2.75, 3.05) is 6.54 Å². The molecule has 1 rings (SSSR count). The zero-order valence-corrected chi connectivity index (χ0v) is 7.96. The maximum absolute atomic E-state index is 12.6. The van der Waals surface area contributed by atoms with E-state index in [1.54, 1.807) is 12.1 Å².